The Labute approximate surface area is 110 Å². The molecule has 3 heteroatoms. The van der Waals surface area contributed by atoms with Crippen molar-refractivity contribution in [3.05, 3.63) is 0 Å². The Morgan fingerprint density at radius 1 is 1.17 bits per heavy atom. The molecule has 0 aromatic heterocycles. The van der Waals surface area contributed by atoms with Crippen molar-refractivity contribution in [1.82, 2.24) is 5.32 Å². The molecule has 0 aliphatic heterocycles. The summed E-state index contributed by atoms with van der Waals surface area (Å²) in [4.78, 5) is 12.2. The molecule has 2 bridgehead atoms. The summed E-state index contributed by atoms with van der Waals surface area (Å²) >= 11 is 0. The monoisotopic (exact) mass is 251 g/mol. The van der Waals surface area contributed by atoms with E-state index in [1.165, 1.54) is 44.9 Å². The topological polar surface area (TPSA) is 38.3 Å². The first kappa shape index (κ1) is 12.5. The van der Waals surface area contributed by atoms with E-state index in [9.17, 15) is 4.79 Å². The lowest BCUT2D eigenvalue weighted by Crippen LogP contribution is -2.48. The first-order valence-corrected chi connectivity index (χ1v) is 7.72. The van der Waals surface area contributed by atoms with Crippen LogP contribution < -0.4 is 5.32 Å². The summed E-state index contributed by atoms with van der Waals surface area (Å²) in [7, 11) is 0. The van der Waals surface area contributed by atoms with Gasteiger partial charge in [-0.25, -0.2) is 0 Å². The van der Waals surface area contributed by atoms with Gasteiger partial charge in [-0.1, -0.05) is 12.8 Å². The maximum absolute atomic E-state index is 12.2. The molecule has 102 valence electrons. The summed E-state index contributed by atoms with van der Waals surface area (Å²) in [5, 5.41) is 3.80. The highest BCUT2D eigenvalue weighted by molar-refractivity contribution is 5.74. The van der Waals surface area contributed by atoms with E-state index in [1.807, 2.05) is 6.92 Å². The quantitative estimate of drug-likeness (QED) is 0.780. The number of esters is 1. The fourth-order valence-electron chi connectivity index (χ4n) is 4.47. The fourth-order valence-corrected chi connectivity index (χ4v) is 4.47. The molecule has 3 unspecified atom stereocenters. The molecule has 3 rings (SSSR count). The van der Waals surface area contributed by atoms with Crippen LogP contribution >= 0.6 is 0 Å². The van der Waals surface area contributed by atoms with E-state index >= 15 is 0 Å². The van der Waals surface area contributed by atoms with Crippen LogP contribution in [0, 0.1) is 17.8 Å². The van der Waals surface area contributed by atoms with Crippen LogP contribution in [-0.2, 0) is 9.53 Å². The Balaban J connectivity index is 1.67. The Morgan fingerprint density at radius 2 is 1.89 bits per heavy atom. The van der Waals surface area contributed by atoms with Crippen molar-refractivity contribution in [3.63, 3.8) is 0 Å². The Hall–Kier alpha value is -0.570. The number of hydrogen-bond donors (Lipinski definition) is 1. The van der Waals surface area contributed by atoms with Crippen molar-refractivity contribution in [2.24, 2.45) is 17.8 Å². The van der Waals surface area contributed by atoms with Crippen molar-refractivity contribution in [2.45, 2.75) is 64.0 Å². The van der Waals surface area contributed by atoms with Gasteiger partial charge in [-0.15, -0.1) is 0 Å². The van der Waals surface area contributed by atoms with Crippen molar-refractivity contribution in [2.75, 3.05) is 6.61 Å². The highest BCUT2D eigenvalue weighted by Gasteiger charge is 2.51. The van der Waals surface area contributed by atoms with Crippen molar-refractivity contribution in [3.8, 4) is 0 Å². The standard InChI is InChI=1S/C15H25NO2/c1-2-18-15(17)13-10-7-8-11(9-10)14(13)16-12-5-3-4-6-12/h10-14,16H,2-9H2,1H3/t10?,11?,13-,14?/m1/s1. The van der Waals surface area contributed by atoms with Crippen LogP contribution in [0.1, 0.15) is 51.9 Å². The van der Waals surface area contributed by atoms with Gasteiger partial charge in [0.15, 0.2) is 0 Å². The lowest BCUT2D eigenvalue weighted by molar-refractivity contribution is -0.150. The third-order valence-corrected chi connectivity index (χ3v) is 5.26. The Bertz CT molecular complexity index is 312. The molecule has 3 nitrogen and oxygen atoms in total. The van der Waals surface area contributed by atoms with E-state index in [1.54, 1.807) is 0 Å². The molecule has 3 aliphatic rings. The van der Waals surface area contributed by atoms with Crippen LogP contribution in [0.15, 0.2) is 0 Å². The normalized spacial score (nSPS) is 39.4. The molecule has 0 heterocycles. The van der Waals surface area contributed by atoms with Crippen molar-refractivity contribution < 1.29 is 9.53 Å². The highest BCUT2D eigenvalue weighted by atomic mass is 16.5. The maximum atomic E-state index is 12.2. The third-order valence-electron chi connectivity index (χ3n) is 5.26. The van der Waals surface area contributed by atoms with Crippen LogP contribution in [-0.4, -0.2) is 24.7 Å². The van der Waals surface area contributed by atoms with Gasteiger partial charge >= 0.3 is 5.97 Å². The summed E-state index contributed by atoms with van der Waals surface area (Å²) in [5.74, 6) is 1.52. The van der Waals surface area contributed by atoms with Gasteiger partial charge in [0.1, 0.15) is 0 Å². The molecular weight excluding hydrogens is 226 g/mol. The molecule has 0 saturated heterocycles. The minimum atomic E-state index is 0.0557. The van der Waals surface area contributed by atoms with E-state index in [0.717, 1.165) is 5.92 Å². The van der Waals surface area contributed by atoms with Crippen molar-refractivity contribution >= 4 is 5.97 Å². The van der Waals surface area contributed by atoms with Gasteiger partial charge in [-0.3, -0.25) is 4.79 Å². The second-order valence-corrected chi connectivity index (χ2v) is 6.28. The SMILES string of the molecule is CCOC(=O)[C@@H]1C2CCC(C2)C1NC1CCCC1. The van der Waals surface area contributed by atoms with E-state index in [2.05, 4.69) is 5.32 Å². The van der Waals surface area contributed by atoms with E-state index < -0.39 is 0 Å². The minimum Gasteiger partial charge on any atom is -0.466 e. The summed E-state index contributed by atoms with van der Waals surface area (Å²) in [6, 6.07) is 1.07. The summed E-state index contributed by atoms with van der Waals surface area (Å²) in [6.45, 7) is 2.42. The predicted molar refractivity (Wildman–Crippen MR) is 70.1 cm³/mol. The van der Waals surface area contributed by atoms with E-state index in [4.69, 9.17) is 4.74 Å². The largest absolute Gasteiger partial charge is 0.466 e. The molecule has 0 spiro atoms. The molecule has 4 atom stereocenters. The van der Waals surface area contributed by atoms with Gasteiger partial charge in [0, 0.05) is 12.1 Å². The molecule has 3 aliphatic carbocycles. The Morgan fingerprint density at radius 3 is 2.61 bits per heavy atom. The molecular formula is C15H25NO2. The smallest absolute Gasteiger partial charge is 0.310 e. The average Bonchev–Trinajstić information content (AvgIpc) is 3.04. The van der Waals surface area contributed by atoms with Gasteiger partial charge in [-0.2, -0.15) is 0 Å². The number of ether oxygens (including phenoxy) is 1. The van der Waals surface area contributed by atoms with Gasteiger partial charge in [0.2, 0.25) is 0 Å². The lowest BCUT2D eigenvalue weighted by atomic mass is 9.84. The first-order valence-electron chi connectivity index (χ1n) is 7.72. The molecule has 3 saturated carbocycles. The Kier molecular flexibility index (Phi) is 3.60. The van der Waals surface area contributed by atoms with Crippen LogP contribution in [0.3, 0.4) is 0 Å². The average molecular weight is 251 g/mol. The number of carbonyl (C=O) groups is 1. The van der Waals surface area contributed by atoms with Crippen LogP contribution in [0.25, 0.3) is 0 Å². The zero-order chi connectivity index (χ0) is 12.5. The molecule has 3 fully saturated rings. The van der Waals surface area contributed by atoms with Crippen LogP contribution in [0.4, 0.5) is 0 Å². The maximum Gasteiger partial charge on any atom is 0.310 e. The number of nitrogens with one attached hydrogen (secondary N) is 1. The zero-order valence-corrected chi connectivity index (χ0v) is 11.4. The third kappa shape index (κ3) is 2.18. The lowest BCUT2D eigenvalue weighted by Gasteiger charge is -2.32. The molecule has 0 aromatic carbocycles. The summed E-state index contributed by atoms with van der Waals surface area (Å²) in [6.07, 6.45) is 9.08. The molecule has 1 N–H and O–H groups in total. The number of fused-ring (bicyclic) bond motifs is 2. The number of rotatable bonds is 4. The van der Waals surface area contributed by atoms with Crippen molar-refractivity contribution in [1.29, 1.82) is 0 Å². The molecule has 0 radical (unpaired) electrons. The number of hydrogen-bond acceptors (Lipinski definition) is 3. The van der Waals surface area contributed by atoms with E-state index in [0.29, 0.717) is 24.6 Å². The van der Waals surface area contributed by atoms with Gasteiger partial charge in [0.05, 0.1) is 12.5 Å². The van der Waals surface area contributed by atoms with Gasteiger partial charge in [0.25, 0.3) is 0 Å². The van der Waals surface area contributed by atoms with Gasteiger partial charge < -0.3 is 10.1 Å². The first-order chi connectivity index (χ1) is 8.79. The fraction of sp³-hybridized carbons (Fsp3) is 0.933. The van der Waals surface area contributed by atoms with E-state index in [-0.39, 0.29) is 11.9 Å². The number of carbonyl (C=O) groups excluding carboxylic acids is 1. The second kappa shape index (κ2) is 5.20. The minimum absolute atomic E-state index is 0.0557. The van der Waals surface area contributed by atoms with Crippen LogP contribution in [0.2, 0.25) is 0 Å². The summed E-state index contributed by atoms with van der Waals surface area (Å²) in [5.41, 5.74) is 0. The van der Waals surface area contributed by atoms with Crippen LogP contribution in [0.5, 0.6) is 0 Å². The highest BCUT2D eigenvalue weighted by Crippen LogP contribution is 2.49. The van der Waals surface area contributed by atoms with Gasteiger partial charge in [-0.05, 0) is 50.9 Å². The summed E-state index contributed by atoms with van der Waals surface area (Å²) < 4.78 is 5.29. The molecule has 0 amide bonds. The zero-order valence-electron chi connectivity index (χ0n) is 11.4. The molecule has 18 heavy (non-hydrogen) atoms. The second-order valence-electron chi connectivity index (χ2n) is 6.28. The predicted octanol–water partition coefficient (Wildman–Crippen LogP) is 2.50. The molecule has 0 aromatic rings.